The van der Waals surface area contributed by atoms with Crippen molar-refractivity contribution in [2.24, 2.45) is 0 Å². The third-order valence-corrected chi connectivity index (χ3v) is 3.71. The van der Waals surface area contributed by atoms with Crippen molar-refractivity contribution in [1.82, 2.24) is 14.9 Å². The number of hydrogen-bond acceptors (Lipinski definition) is 3. The van der Waals surface area contributed by atoms with Crippen molar-refractivity contribution >= 4 is 0 Å². The van der Waals surface area contributed by atoms with E-state index in [0.717, 1.165) is 24.2 Å². The van der Waals surface area contributed by atoms with E-state index in [2.05, 4.69) is 28.0 Å². The molecule has 3 rings (SSSR count). The van der Waals surface area contributed by atoms with Crippen LogP contribution in [0.5, 0.6) is 5.75 Å². The Morgan fingerprint density at radius 1 is 1.45 bits per heavy atom. The molecule has 1 unspecified atom stereocenters. The van der Waals surface area contributed by atoms with Crippen LogP contribution in [0.1, 0.15) is 37.1 Å². The normalized spacial score (nSPS) is 16.2. The molecule has 1 aliphatic carbocycles. The monoisotopic (exact) mass is 271 g/mol. The minimum atomic E-state index is 0.331. The van der Waals surface area contributed by atoms with Gasteiger partial charge in [-0.15, -0.1) is 0 Å². The molecule has 0 saturated heterocycles. The molecular formula is C16H21N3O. The van der Waals surface area contributed by atoms with Gasteiger partial charge in [0.2, 0.25) is 0 Å². The molecule has 0 aliphatic heterocycles. The van der Waals surface area contributed by atoms with Gasteiger partial charge < -0.3 is 15.0 Å². The summed E-state index contributed by atoms with van der Waals surface area (Å²) in [5.74, 6) is 0.331. The summed E-state index contributed by atoms with van der Waals surface area (Å²) < 4.78 is 2.22. The molecule has 0 radical (unpaired) electrons. The van der Waals surface area contributed by atoms with Gasteiger partial charge in [0.1, 0.15) is 5.75 Å². The van der Waals surface area contributed by atoms with E-state index in [-0.39, 0.29) is 0 Å². The van der Waals surface area contributed by atoms with Crippen LogP contribution in [0.2, 0.25) is 0 Å². The molecule has 0 amide bonds. The van der Waals surface area contributed by atoms with Crippen LogP contribution in [0.3, 0.4) is 0 Å². The number of phenols is 1. The molecule has 1 aliphatic rings. The maximum Gasteiger partial charge on any atom is 0.115 e. The van der Waals surface area contributed by atoms with Crippen LogP contribution in [0, 0.1) is 0 Å². The number of phenolic OH excluding ortho intramolecular Hbond substituents is 1. The maximum atomic E-state index is 9.46. The van der Waals surface area contributed by atoms with Crippen LogP contribution in [0.15, 0.2) is 36.8 Å². The Kier molecular flexibility index (Phi) is 3.74. The van der Waals surface area contributed by atoms with E-state index in [4.69, 9.17) is 0 Å². The minimum Gasteiger partial charge on any atom is -0.508 e. The van der Waals surface area contributed by atoms with Crippen molar-refractivity contribution in [1.29, 1.82) is 0 Å². The molecule has 2 N–H and O–H groups in total. The first-order valence-corrected chi connectivity index (χ1v) is 7.24. The summed E-state index contributed by atoms with van der Waals surface area (Å²) in [5.41, 5.74) is 2.24. The molecule has 106 valence electrons. The average Bonchev–Trinajstić information content (AvgIpc) is 3.16. The van der Waals surface area contributed by atoms with Crippen molar-refractivity contribution in [3.63, 3.8) is 0 Å². The van der Waals surface area contributed by atoms with Crippen LogP contribution in [-0.2, 0) is 13.0 Å². The molecule has 1 atom stereocenters. The predicted octanol–water partition coefficient (Wildman–Crippen LogP) is 2.64. The lowest BCUT2D eigenvalue weighted by Gasteiger charge is -2.13. The molecule has 20 heavy (non-hydrogen) atoms. The van der Waals surface area contributed by atoms with Crippen LogP contribution in [0.25, 0.3) is 0 Å². The highest BCUT2D eigenvalue weighted by atomic mass is 16.3. The maximum absolute atomic E-state index is 9.46. The van der Waals surface area contributed by atoms with Gasteiger partial charge >= 0.3 is 0 Å². The molecule has 4 heteroatoms. The molecule has 1 aromatic heterocycles. The van der Waals surface area contributed by atoms with Gasteiger partial charge in [-0.25, -0.2) is 4.98 Å². The summed E-state index contributed by atoms with van der Waals surface area (Å²) in [7, 11) is 0. The molecule has 0 spiro atoms. The molecule has 1 aromatic carbocycles. The van der Waals surface area contributed by atoms with Crippen molar-refractivity contribution in [2.45, 2.75) is 44.8 Å². The van der Waals surface area contributed by atoms with E-state index in [1.807, 2.05) is 24.5 Å². The van der Waals surface area contributed by atoms with Gasteiger partial charge in [-0.1, -0.05) is 12.1 Å². The molecule has 2 aromatic rings. The fourth-order valence-electron chi connectivity index (χ4n) is 2.43. The van der Waals surface area contributed by atoms with Gasteiger partial charge in [-0.3, -0.25) is 0 Å². The summed E-state index contributed by atoms with van der Waals surface area (Å²) in [6.45, 7) is 2.95. The number of hydrogen-bond donors (Lipinski definition) is 2. The summed E-state index contributed by atoms with van der Waals surface area (Å²) in [6, 6.07) is 8.49. The largest absolute Gasteiger partial charge is 0.508 e. The zero-order valence-electron chi connectivity index (χ0n) is 11.8. The van der Waals surface area contributed by atoms with E-state index in [1.54, 1.807) is 6.07 Å². The molecule has 1 saturated carbocycles. The highest BCUT2D eigenvalue weighted by Gasteiger charge is 2.23. The second kappa shape index (κ2) is 5.67. The van der Waals surface area contributed by atoms with Crippen molar-refractivity contribution < 1.29 is 5.11 Å². The first-order chi connectivity index (χ1) is 9.70. The average molecular weight is 271 g/mol. The van der Waals surface area contributed by atoms with Crippen LogP contribution >= 0.6 is 0 Å². The number of imidazole rings is 1. The fraction of sp³-hybridized carbons (Fsp3) is 0.438. The number of nitrogens with one attached hydrogen (secondary N) is 1. The zero-order chi connectivity index (χ0) is 13.9. The van der Waals surface area contributed by atoms with Gasteiger partial charge in [0, 0.05) is 24.8 Å². The second-order valence-electron chi connectivity index (χ2n) is 5.70. The third-order valence-electron chi connectivity index (χ3n) is 3.71. The van der Waals surface area contributed by atoms with Crippen molar-refractivity contribution in [3.05, 3.63) is 48.0 Å². The molecule has 0 bridgehead atoms. The summed E-state index contributed by atoms with van der Waals surface area (Å²) in [5, 5.41) is 12.9. The lowest BCUT2D eigenvalue weighted by Crippen LogP contribution is -2.27. The first-order valence-electron chi connectivity index (χ1n) is 7.24. The van der Waals surface area contributed by atoms with Gasteiger partial charge in [0.05, 0.1) is 12.0 Å². The smallest absolute Gasteiger partial charge is 0.115 e. The van der Waals surface area contributed by atoms with Crippen LogP contribution in [0.4, 0.5) is 0 Å². The quantitative estimate of drug-likeness (QED) is 0.849. The van der Waals surface area contributed by atoms with Crippen LogP contribution in [-0.4, -0.2) is 20.7 Å². The van der Waals surface area contributed by atoms with Gasteiger partial charge in [0.25, 0.3) is 0 Å². The minimum absolute atomic E-state index is 0.331. The number of aromatic nitrogens is 2. The molecular weight excluding hydrogens is 250 g/mol. The Morgan fingerprint density at radius 2 is 2.30 bits per heavy atom. The van der Waals surface area contributed by atoms with E-state index < -0.39 is 0 Å². The highest BCUT2D eigenvalue weighted by molar-refractivity contribution is 5.27. The Balaban J connectivity index is 1.49. The Hall–Kier alpha value is -1.81. The molecule has 1 fully saturated rings. The van der Waals surface area contributed by atoms with E-state index in [1.165, 1.54) is 12.8 Å². The lowest BCUT2D eigenvalue weighted by atomic mass is 10.1. The predicted molar refractivity (Wildman–Crippen MR) is 78.6 cm³/mol. The molecule has 4 nitrogen and oxygen atoms in total. The van der Waals surface area contributed by atoms with Crippen LogP contribution < -0.4 is 5.32 Å². The summed E-state index contributed by atoms with van der Waals surface area (Å²) in [6.07, 6.45) is 7.56. The second-order valence-corrected chi connectivity index (χ2v) is 5.70. The third kappa shape index (κ3) is 3.39. The van der Waals surface area contributed by atoms with Gasteiger partial charge in [-0.05, 0) is 43.9 Å². The molecule has 1 heterocycles. The number of rotatable bonds is 6. The zero-order valence-corrected chi connectivity index (χ0v) is 11.8. The SMILES string of the molecule is CC(Cc1cccc(O)c1)NCc1cn(C2CC2)cn1. The summed E-state index contributed by atoms with van der Waals surface area (Å²) in [4.78, 5) is 4.43. The fourth-order valence-corrected chi connectivity index (χ4v) is 2.43. The van der Waals surface area contributed by atoms with Gasteiger partial charge in [-0.2, -0.15) is 0 Å². The number of benzene rings is 1. The van der Waals surface area contributed by atoms with Gasteiger partial charge in [0.15, 0.2) is 0 Å². The number of aromatic hydroxyl groups is 1. The van der Waals surface area contributed by atoms with E-state index >= 15 is 0 Å². The lowest BCUT2D eigenvalue weighted by molar-refractivity contribution is 0.473. The Morgan fingerprint density at radius 3 is 3.05 bits per heavy atom. The van der Waals surface area contributed by atoms with Crippen molar-refractivity contribution in [3.8, 4) is 5.75 Å². The number of nitrogens with zero attached hydrogens (tertiary/aromatic N) is 2. The standard InChI is InChI=1S/C16H21N3O/c1-12(7-13-3-2-4-16(20)8-13)17-9-14-10-19(11-18-14)15-5-6-15/h2-4,8,10-12,15,17,20H,5-7,9H2,1H3. The van der Waals surface area contributed by atoms with E-state index in [0.29, 0.717) is 17.8 Å². The first kappa shape index (κ1) is 13.2. The Bertz CT molecular complexity index is 575. The summed E-state index contributed by atoms with van der Waals surface area (Å²) >= 11 is 0. The van der Waals surface area contributed by atoms with E-state index in [9.17, 15) is 5.11 Å². The topological polar surface area (TPSA) is 50.1 Å². The Labute approximate surface area is 119 Å². The van der Waals surface area contributed by atoms with Crippen molar-refractivity contribution in [2.75, 3.05) is 0 Å². The highest BCUT2D eigenvalue weighted by Crippen LogP contribution is 2.34.